The first kappa shape index (κ1) is 57.7. The smallest absolute Gasteiger partial charge is 0.481 e. The van der Waals surface area contributed by atoms with Crippen LogP contribution in [-0.2, 0) is 66.0 Å². The summed E-state index contributed by atoms with van der Waals surface area (Å²) in [5, 5.41) is 33.7. The summed E-state index contributed by atoms with van der Waals surface area (Å²) in [7, 11) is -5.19. The molecule has 0 saturated heterocycles. The molecule has 0 aliphatic carbocycles. The molecule has 0 fully saturated rings. The number of para-hydroxylation sites is 1. The molecular weight excluding hydrogens is 1050 g/mol. The number of H-pyrrole nitrogens is 1. The molecule has 25 heteroatoms. The van der Waals surface area contributed by atoms with E-state index in [0.29, 0.717) is 28.6 Å². The van der Waals surface area contributed by atoms with Crippen LogP contribution >= 0.6 is 15.9 Å². The van der Waals surface area contributed by atoms with Gasteiger partial charge in [0.1, 0.15) is 16.5 Å². The van der Waals surface area contributed by atoms with Crippen molar-refractivity contribution in [2.24, 2.45) is 17.8 Å². The van der Waals surface area contributed by atoms with Gasteiger partial charge in [-0.3, -0.25) is 43.2 Å². The van der Waals surface area contributed by atoms with Crippen LogP contribution in [0.5, 0.6) is 5.75 Å². The predicted octanol–water partition coefficient (Wildman–Crippen LogP) is 5.22. The molecule has 5 atom stereocenters. The number of Topliss-reactive ketones (excluding diaryl/α,β-unsaturated/α-hetero) is 4. The SMILES string of the molecule is CC(=O)[C@H](CCC(=O)O)CC(=O)[C@H](Cc1c[nH]c2ccccc12)NC(=O)[C@@H](CC(=O)CNC(=O)[C@H](CCC(=O)O)CC(=O)[C@@H](CC(=O)O)NS(=O)(=O)c1ccc(Br)cc1OC(F)(F)F)Cc1cccc(F)c1. The lowest BCUT2D eigenvalue weighted by Gasteiger charge is -2.24. The number of benzene rings is 3. The normalized spacial score (nSPS) is 13.8. The third kappa shape index (κ3) is 18.4. The molecule has 0 saturated carbocycles. The van der Waals surface area contributed by atoms with Crippen LogP contribution in [-0.4, -0.2) is 107 Å². The highest BCUT2D eigenvalue weighted by atomic mass is 79.9. The number of carboxylic acids is 3. The van der Waals surface area contributed by atoms with Gasteiger partial charge in [-0.15, -0.1) is 13.2 Å². The van der Waals surface area contributed by atoms with E-state index in [0.717, 1.165) is 18.2 Å². The molecule has 0 aliphatic heterocycles. The summed E-state index contributed by atoms with van der Waals surface area (Å²) in [5.74, 6) is -15.7. The molecule has 7 N–H and O–H groups in total. The average molecular weight is 1100 g/mol. The maximum absolute atomic E-state index is 14.4. The number of aliphatic carboxylic acids is 3. The van der Waals surface area contributed by atoms with E-state index in [2.05, 4.69) is 36.3 Å². The van der Waals surface area contributed by atoms with E-state index in [1.54, 1.807) is 35.2 Å². The summed E-state index contributed by atoms with van der Waals surface area (Å²) in [6.45, 7) is 0.325. The number of carbonyl (C=O) groups excluding carboxylic acids is 6. The molecule has 3 aromatic carbocycles. The van der Waals surface area contributed by atoms with Crippen LogP contribution in [0.2, 0.25) is 0 Å². The molecule has 19 nitrogen and oxygen atoms in total. The first-order chi connectivity index (χ1) is 33.7. The summed E-state index contributed by atoms with van der Waals surface area (Å²) in [6.07, 6.45) is -9.66. The minimum atomic E-state index is -5.39. The van der Waals surface area contributed by atoms with Crippen molar-refractivity contribution in [3.05, 3.63) is 94.3 Å². The van der Waals surface area contributed by atoms with Crippen molar-refractivity contribution in [2.45, 2.75) is 94.5 Å². The maximum atomic E-state index is 14.4. The number of nitrogens with one attached hydrogen (secondary N) is 4. The number of hydrogen-bond donors (Lipinski definition) is 7. The van der Waals surface area contributed by atoms with Gasteiger partial charge in [0.05, 0.1) is 25.0 Å². The number of aromatic amines is 1. The number of amides is 2. The van der Waals surface area contributed by atoms with Crippen molar-refractivity contribution in [2.75, 3.05) is 6.54 Å². The van der Waals surface area contributed by atoms with E-state index < -0.39 is 167 Å². The Hall–Kier alpha value is -6.86. The third-order valence-electron chi connectivity index (χ3n) is 11.2. The second-order valence-electron chi connectivity index (χ2n) is 16.7. The molecule has 388 valence electrons. The van der Waals surface area contributed by atoms with E-state index in [-0.39, 0.29) is 29.3 Å². The van der Waals surface area contributed by atoms with Crippen molar-refractivity contribution in [1.82, 2.24) is 20.3 Å². The predicted molar refractivity (Wildman–Crippen MR) is 248 cm³/mol. The standard InChI is InChI=1S/C47H49BrF4N4O15S/c1-25(57)27(9-13-42(61)62)19-38(59)36(18-30-23-53-35-8-3-2-7-34(30)35)55-46(68)29(15-26-5-4-6-32(49)16-26)17-33(58)24-54-45(67)28(10-14-43(63)64)20-39(60)37(22-44(65)66)56-72(69,70)41-12-11-31(48)21-40(41)71-47(50,51)52/h2-8,11-12,16,21,23,27-29,36-37,53,56H,9-10,13-15,17-20,22,24H2,1H3,(H,54,67)(H,55,68)(H,61,62)(H,63,64)(H,65,66)/t27-,28-,29-,36+,37-/m1/s1. The Bertz CT molecular complexity index is 2800. The van der Waals surface area contributed by atoms with Crippen LogP contribution < -0.4 is 20.1 Å². The van der Waals surface area contributed by atoms with E-state index in [1.807, 2.05) is 0 Å². The molecule has 0 aliphatic rings. The Morgan fingerprint density at radius 1 is 0.736 bits per heavy atom. The molecule has 0 spiro atoms. The average Bonchev–Trinajstić information content (AvgIpc) is 3.68. The fourth-order valence-electron chi connectivity index (χ4n) is 7.63. The van der Waals surface area contributed by atoms with Gasteiger partial charge in [-0.25, -0.2) is 12.8 Å². The molecule has 1 heterocycles. The second-order valence-corrected chi connectivity index (χ2v) is 19.3. The number of aromatic nitrogens is 1. The van der Waals surface area contributed by atoms with E-state index in [4.69, 9.17) is 0 Å². The van der Waals surface area contributed by atoms with Crippen molar-refractivity contribution in [3.8, 4) is 5.75 Å². The molecule has 72 heavy (non-hydrogen) atoms. The highest BCUT2D eigenvalue weighted by molar-refractivity contribution is 9.10. The Balaban J connectivity index is 1.57. The lowest BCUT2D eigenvalue weighted by atomic mass is 9.88. The number of carbonyl (C=O) groups is 9. The van der Waals surface area contributed by atoms with Gasteiger partial charge in [-0.1, -0.05) is 46.3 Å². The topological polar surface area (TPSA) is 310 Å². The van der Waals surface area contributed by atoms with Crippen molar-refractivity contribution in [3.63, 3.8) is 0 Å². The minimum Gasteiger partial charge on any atom is -0.481 e. The zero-order chi connectivity index (χ0) is 53.5. The number of ether oxygens (including phenoxy) is 1. The monoisotopic (exact) mass is 1100 g/mol. The summed E-state index contributed by atoms with van der Waals surface area (Å²) in [5.41, 5.74) is 1.50. The zero-order valence-corrected chi connectivity index (χ0v) is 40.5. The van der Waals surface area contributed by atoms with Gasteiger partial charge in [-0.05, 0) is 73.7 Å². The van der Waals surface area contributed by atoms with Gasteiger partial charge in [-0.2, -0.15) is 4.72 Å². The van der Waals surface area contributed by atoms with Gasteiger partial charge in [0.15, 0.2) is 23.1 Å². The molecule has 4 rings (SSSR count). The van der Waals surface area contributed by atoms with Crippen molar-refractivity contribution < 1.29 is 89.2 Å². The van der Waals surface area contributed by atoms with Gasteiger partial charge in [0, 0.05) is 77.9 Å². The van der Waals surface area contributed by atoms with Gasteiger partial charge in [0.2, 0.25) is 21.8 Å². The van der Waals surface area contributed by atoms with Gasteiger partial charge < -0.3 is 35.7 Å². The summed E-state index contributed by atoms with van der Waals surface area (Å²) < 4.78 is 86.1. The molecule has 0 bridgehead atoms. The number of halogens is 5. The summed E-state index contributed by atoms with van der Waals surface area (Å²) >= 11 is 2.88. The van der Waals surface area contributed by atoms with Crippen LogP contribution in [0.15, 0.2) is 82.3 Å². The van der Waals surface area contributed by atoms with Crippen LogP contribution in [0.1, 0.15) is 69.4 Å². The Kier molecular flexibility index (Phi) is 20.9. The number of fused-ring (bicyclic) bond motifs is 1. The van der Waals surface area contributed by atoms with E-state index >= 15 is 0 Å². The van der Waals surface area contributed by atoms with E-state index in [9.17, 15) is 84.4 Å². The third-order valence-corrected chi connectivity index (χ3v) is 13.2. The first-order valence-corrected chi connectivity index (χ1v) is 24.2. The first-order valence-electron chi connectivity index (χ1n) is 21.9. The number of ketones is 4. The highest BCUT2D eigenvalue weighted by Crippen LogP contribution is 2.33. The number of hydrogen-bond acceptors (Lipinski definition) is 12. The lowest BCUT2D eigenvalue weighted by Crippen LogP contribution is -2.47. The number of sulfonamides is 1. The molecule has 0 radical (unpaired) electrons. The van der Waals surface area contributed by atoms with Crippen molar-refractivity contribution >= 4 is 89.7 Å². The summed E-state index contributed by atoms with van der Waals surface area (Å²) in [6, 6.07) is 10.8. The van der Waals surface area contributed by atoms with Gasteiger partial charge in [0.25, 0.3) is 0 Å². The highest BCUT2D eigenvalue weighted by Gasteiger charge is 2.37. The molecular formula is C47H49BrF4N4O15S. The quantitative estimate of drug-likeness (QED) is 0.0329. The Morgan fingerprint density at radius 3 is 2.00 bits per heavy atom. The maximum Gasteiger partial charge on any atom is 0.573 e. The number of rotatable bonds is 30. The van der Waals surface area contributed by atoms with Gasteiger partial charge >= 0.3 is 24.3 Å². The number of alkyl halides is 3. The van der Waals surface area contributed by atoms with E-state index in [1.165, 1.54) is 19.1 Å². The van der Waals surface area contributed by atoms with Crippen LogP contribution in [0.4, 0.5) is 17.6 Å². The number of carboxylic acid groups (broad SMARTS) is 3. The molecule has 0 unspecified atom stereocenters. The zero-order valence-electron chi connectivity index (χ0n) is 38.1. The second kappa shape index (κ2) is 26.0. The molecule has 4 aromatic rings. The Labute approximate surface area is 416 Å². The van der Waals surface area contributed by atoms with Crippen LogP contribution in [0.3, 0.4) is 0 Å². The largest absolute Gasteiger partial charge is 0.573 e. The fraction of sp³-hybridized carbons (Fsp3) is 0.383. The fourth-order valence-corrected chi connectivity index (χ4v) is 9.30. The minimum absolute atomic E-state index is 0.0551. The molecule has 2 amide bonds. The van der Waals surface area contributed by atoms with Crippen LogP contribution in [0, 0.1) is 23.6 Å². The molecule has 1 aromatic heterocycles. The van der Waals surface area contributed by atoms with Crippen molar-refractivity contribution in [1.29, 1.82) is 0 Å². The van der Waals surface area contributed by atoms with Crippen LogP contribution in [0.25, 0.3) is 10.9 Å². The summed E-state index contributed by atoms with van der Waals surface area (Å²) in [4.78, 5) is 118. The Morgan fingerprint density at radius 2 is 1.38 bits per heavy atom. The lowest BCUT2D eigenvalue weighted by molar-refractivity contribution is -0.275.